The summed E-state index contributed by atoms with van der Waals surface area (Å²) in [4.78, 5) is 18.5. The van der Waals surface area contributed by atoms with Crippen LogP contribution in [0, 0.1) is 0 Å². The van der Waals surface area contributed by atoms with Crippen LogP contribution in [0.4, 0.5) is 0 Å². The molecule has 1 aromatic rings. The molecule has 1 aromatic carbocycles. The number of nitrogens with one attached hydrogen (secondary N) is 2. The van der Waals surface area contributed by atoms with E-state index in [-0.39, 0.29) is 36.4 Å². The molecule has 0 radical (unpaired) electrons. The van der Waals surface area contributed by atoms with E-state index in [4.69, 9.17) is 4.74 Å². The molecule has 142 valence electrons. The van der Waals surface area contributed by atoms with Gasteiger partial charge < -0.3 is 20.3 Å². The summed E-state index contributed by atoms with van der Waals surface area (Å²) in [6.45, 7) is 6.49. The lowest BCUT2D eigenvalue weighted by atomic mass is 10.2. The number of aliphatic imine (C=N–C) groups is 1. The first-order chi connectivity index (χ1) is 11.6. The van der Waals surface area contributed by atoms with Crippen molar-refractivity contribution < 1.29 is 9.53 Å². The van der Waals surface area contributed by atoms with Crippen LogP contribution in [0.5, 0.6) is 5.75 Å². The Morgan fingerprint density at radius 1 is 1.20 bits per heavy atom. The number of guanidine groups is 1. The molecule has 0 saturated carbocycles. The van der Waals surface area contributed by atoms with Gasteiger partial charge in [-0.2, -0.15) is 0 Å². The molecule has 1 amide bonds. The lowest BCUT2D eigenvalue weighted by molar-refractivity contribution is -0.119. The molecule has 0 spiro atoms. The van der Waals surface area contributed by atoms with Crippen molar-refractivity contribution in [3.8, 4) is 5.75 Å². The molecule has 0 aliphatic carbocycles. The predicted molar refractivity (Wildman–Crippen MR) is 114 cm³/mol. The third kappa shape index (κ3) is 9.52. The average Bonchev–Trinajstić information content (AvgIpc) is 2.61. The Morgan fingerprint density at radius 3 is 2.44 bits per heavy atom. The van der Waals surface area contributed by atoms with Crippen molar-refractivity contribution in [2.75, 3.05) is 33.8 Å². The summed E-state index contributed by atoms with van der Waals surface area (Å²) in [6.07, 6.45) is 2.23. The van der Waals surface area contributed by atoms with Crippen molar-refractivity contribution >= 4 is 35.8 Å². The molecular formula is C18H31IN4O2. The minimum Gasteiger partial charge on any atom is -0.497 e. The smallest absolute Gasteiger partial charge is 0.242 e. The minimum absolute atomic E-state index is 0. The quantitative estimate of drug-likeness (QED) is 0.337. The van der Waals surface area contributed by atoms with Gasteiger partial charge in [0.1, 0.15) is 12.3 Å². The van der Waals surface area contributed by atoms with Crippen LogP contribution in [0.25, 0.3) is 0 Å². The third-order valence-electron chi connectivity index (χ3n) is 3.56. The number of hydrogen-bond acceptors (Lipinski definition) is 3. The molecule has 0 heterocycles. The highest BCUT2D eigenvalue weighted by atomic mass is 127. The van der Waals surface area contributed by atoms with Gasteiger partial charge in [-0.3, -0.25) is 4.79 Å². The maximum absolute atomic E-state index is 12.0. The Labute approximate surface area is 168 Å². The van der Waals surface area contributed by atoms with Gasteiger partial charge in [-0.25, -0.2) is 4.99 Å². The molecule has 6 nitrogen and oxygen atoms in total. The summed E-state index contributed by atoms with van der Waals surface area (Å²) in [7, 11) is 3.63. The monoisotopic (exact) mass is 462 g/mol. The molecular weight excluding hydrogens is 431 g/mol. The van der Waals surface area contributed by atoms with E-state index in [9.17, 15) is 4.79 Å². The van der Waals surface area contributed by atoms with Crippen molar-refractivity contribution in [1.82, 2.24) is 15.5 Å². The molecule has 7 heteroatoms. The van der Waals surface area contributed by atoms with Crippen LogP contribution in [0.15, 0.2) is 29.3 Å². The van der Waals surface area contributed by atoms with Crippen molar-refractivity contribution in [3.05, 3.63) is 29.8 Å². The van der Waals surface area contributed by atoms with Crippen LogP contribution in [0.3, 0.4) is 0 Å². The Balaban J connectivity index is 0.00000576. The highest BCUT2D eigenvalue weighted by Gasteiger charge is 2.06. The van der Waals surface area contributed by atoms with Crippen LogP contribution in [0.1, 0.15) is 32.3 Å². The van der Waals surface area contributed by atoms with Gasteiger partial charge in [0, 0.05) is 26.7 Å². The first kappa shape index (κ1) is 23.5. The normalized spacial score (nSPS) is 10.6. The third-order valence-corrected chi connectivity index (χ3v) is 3.56. The molecule has 0 aliphatic rings. The maximum atomic E-state index is 12.0. The Bertz CT molecular complexity index is 520. The van der Waals surface area contributed by atoms with Crippen molar-refractivity contribution in [2.45, 2.75) is 33.2 Å². The van der Waals surface area contributed by atoms with E-state index in [1.165, 1.54) is 0 Å². The van der Waals surface area contributed by atoms with Gasteiger partial charge in [-0.15, -0.1) is 24.0 Å². The molecule has 0 aliphatic heterocycles. The number of hydrogen-bond donors (Lipinski definition) is 2. The molecule has 2 N–H and O–H groups in total. The van der Waals surface area contributed by atoms with Gasteiger partial charge in [0.15, 0.2) is 5.96 Å². The first-order valence-electron chi connectivity index (χ1n) is 8.49. The lowest BCUT2D eigenvalue weighted by Gasteiger charge is -2.21. The van der Waals surface area contributed by atoms with E-state index in [2.05, 4.69) is 27.4 Å². The number of nitrogens with zero attached hydrogens (tertiary/aromatic N) is 2. The number of halogens is 1. The van der Waals surface area contributed by atoms with Crippen LogP contribution in [0.2, 0.25) is 0 Å². The molecule has 0 saturated heterocycles. The fourth-order valence-electron chi connectivity index (χ4n) is 2.12. The maximum Gasteiger partial charge on any atom is 0.242 e. The Hall–Kier alpha value is -1.51. The fourth-order valence-corrected chi connectivity index (χ4v) is 2.12. The SMILES string of the molecule is CCCCN(C)C(=NCC(=O)NCc1ccc(OC)cc1)NCC.I. The second-order valence-electron chi connectivity index (χ2n) is 5.57. The summed E-state index contributed by atoms with van der Waals surface area (Å²) >= 11 is 0. The van der Waals surface area contributed by atoms with Gasteiger partial charge in [0.2, 0.25) is 5.91 Å². The second kappa shape index (κ2) is 13.7. The Morgan fingerprint density at radius 2 is 1.88 bits per heavy atom. The zero-order valence-corrected chi connectivity index (χ0v) is 18.0. The predicted octanol–water partition coefficient (Wildman–Crippen LogP) is 2.63. The van der Waals surface area contributed by atoms with Crippen molar-refractivity contribution in [2.24, 2.45) is 4.99 Å². The largest absolute Gasteiger partial charge is 0.497 e. The highest BCUT2D eigenvalue weighted by molar-refractivity contribution is 14.0. The number of rotatable bonds is 9. The number of carbonyl (C=O) groups is 1. The van der Waals surface area contributed by atoms with Gasteiger partial charge in [0.25, 0.3) is 0 Å². The summed E-state index contributed by atoms with van der Waals surface area (Å²) in [5, 5.41) is 6.10. The standard InChI is InChI=1S/C18H30N4O2.HI/c1-5-7-12-22(3)18(19-6-2)21-14-17(23)20-13-15-8-10-16(24-4)11-9-15;/h8-11H,5-7,12-14H2,1-4H3,(H,19,21)(H,20,23);1H. The van der Waals surface area contributed by atoms with Crippen LogP contribution >= 0.6 is 24.0 Å². The van der Waals surface area contributed by atoms with Crippen molar-refractivity contribution in [3.63, 3.8) is 0 Å². The topological polar surface area (TPSA) is 66.0 Å². The molecule has 0 atom stereocenters. The van der Waals surface area contributed by atoms with E-state index in [0.717, 1.165) is 43.2 Å². The van der Waals surface area contributed by atoms with Crippen LogP contribution in [-0.2, 0) is 11.3 Å². The summed E-state index contributed by atoms with van der Waals surface area (Å²) in [5.41, 5.74) is 1.03. The average molecular weight is 462 g/mol. The zero-order chi connectivity index (χ0) is 17.8. The lowest BCUT2D eigenvalue weighted by Crippen LogP contribution is -2.40. The summed E-state index contributed by atoms with van der Waals surface area (Å²) in [6, 6.07) is 7.63. The number of ether oxygens (including phenoxy) is 1. The van der Waals surface area contributed by atoms with Crippen LogP contribution < -0.4 is 15.4 Å². The molecule has 1 rings (SSSR count). The number of amides is 1. The Kier molecular flexibility index (Phi) is 12.9. The van der Waals surface area contributed by atoms with E-state index in [1.54, 1.807) is 7.11 Å². The van der Waals surface area contributed by atoms with Gasteiger partial charge in [-0.1, -0.05) is 25.5 Å². The van der Waals surface area contributed by atoms with E-state index >= 15 is 0 Å². The number of carbonyl (C=O) groups excluding carboxylic acids is 1. The molecule has 0 bridgehead atoms. The minimum atomic E-state index is -0.0925. The number of benzene rings is 1. The van der Waals surface area contributed by atoms with E-state index in [1.807, 2.05) is 38.2 Å². The zero-order valence-electron chi connectivity index (χ0n) is 15.7. The molecule has 0 fully saturated rings. The molecule has 25 heavy (non-hydrogen) atoms. The molecule has 0 aromatic heterocycles. The second-order valence-corrected chi connectivity index (χ2v) is 5.57. The number of unbranched alkanes of at least 4 members (excludes halogenated alkanes) is 1. The summed E-state index contributed by atoms with van der Waals surface area (Å²) < 4.78 is 5.12. The van der Waals surface area contributed by atoms with Gasteiger partial charge in [0.05, 0.1) is 7.11 Å². The van der Waals surface area contributed by atoms with Crippen molar-refractivity contribution in [1.29, 1.82) is 0 Å². The first-order valence-corrected chi connectivity index (χ1v) is 8.49. The van der Waals surface area contributed by atoms with Crippen LogP contribution in [-0.4, -0.2) is 50.6 Å². The van der Waals surface area contributed by atoms with E-state index < -0.39 is 0 Å². The fraction of sp³-hybridized carbons (Fsp3) is 0.556. The highest BCUT2D eigenvalue weighted by Crippen LogP contribution is 2.10. The number of methoxy groups -OCH3 is 1. The molecule has 0 unspecified atom stereocenters. The van der Waals surface area contributed by atoms with E-state index in [0.29, 0.717) is 6.54 Å². The van der Waals surface area contributed by atoms with Gasteiger partial charge >= 0.3 is 0 Å². The van der Waals surface area contributed by atoms with Gasteiger partial charge in [-0.05, 0) is 31.0 Å². The summed E-state index contributed by atoms with van der Waals surface area (Å²) in [5.74, 6) is 1.48.